The molecule has 2 amide bonds. The van der Waals surface area contributed by atoms with E-state index in [9.17, 15) is 23.6 Å². The summed E-state index contributed by atoms with van der Waals surface area (Å²) in [4.78, 5) is 49.9. The quantitative estimate of drug-likeness (QED) is 0.659. The largest absolute Gasteiger partial charge is 0.329 e. The van der Waals surface area contributed by atoms with Crippen molar-refractivity contribution in [2.45, 2.75) is 11.9 Å². The summed E-state index contributed by atoms with van der Waals surface area (Å²) < 4.78 is 14.1. The van der Waals surface area contributed by atoms with E-state index in [-0.39, 0.29) is 13.0 Å². The Bertz CT molecular complexity index is 917. The molecule has 0 saturated heterocycles. The van der Waals surface area contributed by atoms with Crippen LogP contribution in [0, 0.1) is 5.82 Å². The zero-order valence-corrected chi connectivity index (χ0v) is 12.9. The number of aromatic amines is 1. The Kier molecular flexibility index (Phi) is 4.06. The van der Waals surface area contributed by atoms with Crippen molar-refractivity contribution in [3.63, 3.8) is 0 Å². The summed E-state index contributed by atoms with van der Waals surface area (Å²) in [6.07, 6.45) is 0.708. The molecule has 2 aromatic rings. The van der Waals surface area contributed by atoms with Crippen molar-refractivity contribution in [2.75, 3.05) is 6.54 Å². The minimum Gasteiger partial charge on any atom is -0.281 e. The topological polar surface area (TPSA) is 92.2 Å². The van der Waals surface area contributed by atoms with Crippen LogP contribution in [0.15, 0.2) is 40.1 Å². The van der Waals surface area contributed by atoms with E-state index < -0.39 is 34.4 Å². The minimum atomic E-state index is -1.15. The number of amides is 2. The van der Waals surface area contributed by atoms with Gasteiger partial charge in [0, 0.05) is 13.0 Å². The van der Waals surface area contributed by atoms with Crippen molar-refractivity contribution in [1.29, 1.82) is 0 Å². The highest BCUT2D eigenvalue weighted by Crippen LogP contribution is 2.24. The fourth-order valence-electron chi connectivity index (χ4n) is 2.49. The molecule has 1 N–H and O–H groups in total. The molecule has 0 spiro atoms. The van der Waals surface area contributed by atoms with E-state index in [1.54, 1.807) is 29.2 Å². The lowest BCUT2D eigenvalue weighted by Gasteiger charge is -2.17. The van der Waals surface area contributed by atoms with Gasteiger partial charge < -0.3 is 0 Å². The number of fused-ring (bicyclic) bond motifs is 1. The lowest BCUT2D eigenvalue weighted by Crippen LogP contribution is -2.35. The molecular formula is C15H11ClFN3O4. The molecule has 7 nitrogen and oxygen atoms in total. The number of alkyl halides is 1. The number of rotatable bonds is 4. The summed E-state index contributed by atoms with van der Waals surface area (Å²) >= 11 is 6.05. The van der Waals surface area contributed by atoms with Gasteiger partial charge in [-0.15, -0.1) is 0 Å². The molecule has 3 rings (SSSR count). The molecule has 0 saturated carbocycles. The molecule has 0 radical (unpaired) electrons. The van der Waals surface area contributed by atoms with Crippen molar-refractivity contribution in [3.05, 3.63) is 68.2 Å². The highest BCUT2D eigenvalue weighted by Gasteiger charge is 2.35. The SMILES string of the molecule is O=C1c2ccccc2C(=O)N1CCC(Cl)n1cc(F)c(=O)[nH]c1=O. The number of hydrogen-bond acceptors (Lipinski definition) is 4. The van der Waals surface area contributed by atoms with Gasteiger partial charge in [0.15, 0.2) is 0 Å². The van der Waals surface area contributed by atoms with Crippen LogP contribution in [0.25, 0.3) is 0 Å². The second kappa shape index (κ2) is 6.04. The van der Waals surface area contributed by atoms with Crippen molar-refractivity contribution < 1.29 is 14.0 Å². The van der Waals surface area contributed by atoms with E-state index in [1.165, 1.54) is 0 Å². The first-order valence-corrected chi connectivity index (χ1v) is 7.44. The van der Waals surface area contributed by atoms with E-state index in [0.717, 1.165) is 9.47 Å². The highest BCUT2D eigenvalue weighted by atomic mass is 35.5. The third kappa shape index (κ3) is 2.65. The number of benzene rings is 1. The van der Waals surface area contributed by atoms with E-state index in [0.29, 0.717) is 17.3 Å². The Labute approximate surface area is 139 Å². The number of hydrogen-bond donors (Lipinski definition) is 1. The molecular weight excluding hydrogens is 341 g/mol. The fourth-order valence-corrected chi connectivity index (χ4v) is 2.73. The summed E-state index contributed by atoms with van der Waals surface area (Å²) in [7, 11) is 0. The van der Waals surface area contributed by atoms with Crippen LogP contribution in [-0.4, -0.2) is 32.8 Å². The normalized spacial score (nSPS) is 14.8. The lowest BCUT2D eigenvalue weighted by atomic mass is 10.1. The van der Waals surface area contributed by atoms with Gasteiger partial charge in [0.25, 0.3) is 17.4 Å². The lowest BCUT2D eigenvalue weighted by molar-refractivity contribution is 0.0650. The molecule has 0 bridgehead atoms. The van der Waals surface area contributed by atoms with Gasteiger partial charge in [-0.1, -0.05) is 23.7 Å². The molecule has 1 aliphatic rings. The maximum Gasteiger partial charge on any atom is 0.329 e. The van der Waals surface area contributed by atoms with E-state index >= 15 is 0 Å². The first-order chi connectivity index (χ1) is 11.4. The smallest absolute Gasteiger partial charge is 0.281 e. The minimum absolute atomic E-state index is 0.0123. The molecule has 1 aliphatic heterocycles. The Morgan fingerprint density at radius 3 is 2.25 bits per heavy atom. The second-order valence-corrected chi connectivity index (χ2v) is 5.68. The van der Waals surface area contributed by atoms with Crippen LogP contribution in [0.5, 0.6) is 0 Å². The Morgan fingerprint density at radius 1 is 1.08 bits per heavy atom. The molecule has 0 aliphatic carbocycles. The maximum absolute atomic E-state index is 13.3. The number of carbonyl (C=O) groups excluding carboxylic acids is 2. The first kappa shape index (κ1) is 16.1. The van der Waals surface area contributed by atoms with Crippen LogP contribution >= 0.6 is 11.6 Å². The van der Waals surface area contributed by atoms with Gasteiger partial charge in [-0.3, -0.25) is 28.8 Å². The first-order valence-electron chi connectivity index (χ1n) is 7.00. The third-order valence-electron chi connectivity index (χ3n) is 3.70. The number of carbonyl (C=O) groups is 2. The predicted octanol–water partition coefficient (Wildman–Crippen LogP) is 1.10. The predicted molar refractivity (Wildman–Crippen MR) is 82.6 cm³/mol. The Hall–Kier alpha value is -2.74. The molecule has 9 heteroatoms. The van der Waals surface area contributed by atoms with Crippen molar-refractivity contribution in [3.8, 4) is 0 Å². The van der Waals surface area contributed by atoms with Crippen LogP contribution in [0.3, 0.4) is 0 Å². The summed E-state index contributed by atoms with van der Waals surface area (Å²) in [5.74, 6) is -2.04. The molecule has 1 aromatic carbocycles. The van der Waals surface area contributed by atoms with Crippen LogP contribution < -0.4 is 11.2 Å². The van der Waals surface area contributed by atoms with E-state index in [1.807, 2.05) is 0 Å². The van der Waals surface area contributed by atoms with Crippen molar-refractivity contribution in [1.82, 2.24) is 14.5 Å². The molecule has 24 heavy (non-hydrogen) atoms. The van der Waals surface area contributed by atoms with Gasteiger partial charge in [0.05, 0.1) is 17.3 Å². The van der Waals surface area contributed by atoms with E-state index in [4.69, 9.17) is 11.6 Å². The van der Waals surface area contributed by atoms with Gasteiger partial charge in [-0.25, -0.2) is 4.79 Å². The summed E-state index contributed by atoms with van der Waals surface area (Å²) in [6, 6.07) is 6.41. The van der Waals surface area contributed by atoms with Gasteiger partial charge >= 0.3 is 5.69 Å². The summed E-state index contributed by atoms with van der Waals surface area (Å²) in [5.41, 5.74) is -2.43. The van der Waals surface area contributed by atoms with Gasteiger partial charge in [0.1, 0.15) is 5.50 Å². The number of nitrogens with zero attached hydrogens (tertiary/aromatic N) is 2. The molecule has 0 fully saturated rings. The number of aromatic nitrogens is 2. The number of imide groups is 1. The zero-order chi connectivity index (χ0) is 17.4. The number of H-pyrrole nitrogens is 1. The standard InChI is InChI=1S/C15H11ClFN3O4/c16-11(20-7-10(17)12(21)18-15(20)24)5-6-19-13(22)8-3-1-2-4-9(8)14(19)23/h1-4,7,11H,5-6H2,(H,18,21,24). The maximum atomic E-state index is 13.3. The monoisotopic (exact) mass is 351 g/mol. The van der Waals surface area contributed by atoms with Gasteiger partial charge in [-0.05, 0) is 12.1 Å². The summed E-state index contributed by atoms with van der Waals surface area (Å²) in [6.45, 7) is -0.0479. The fraction of sp³-hybridized carbons (Fsp3) is 0.200. The molecule has 1 unspecified atom stereocenters. The average molecular weight is 352 g/mol. The van der Waals surface area contributed by atoms with Crippen LogP contribution in [0.1, 0.15) is 32.6 Å². The molecule has 1 aromatic heterocycles. The molecule has 2 heterocycles. The number of halogens is 2. The van der Waals surface area contributed by atoms with Crippen LogP contribution in [0.4, 0.5) is 4.39 Å². The Morgan fingerprint density at radius 2 is 1.67 bits per heavy atom. The van der Waals surface area contributed by atoms with E-state index in [2.05, 4.69) is 0 Å². The van der Waals surface area contributed by atoms with Crippen LogP contribution in [0.2, 0.25) is 0 Å². The molecule has 1 atom stereocenters. The Balaban J connectivity index is 1.76. The highest BCUT2D eigenvalue weighted by molar-refractivity contribution is 6.21. The van der Waals surface area contributed by atoms with Crippen LogP contribution in [-0.2, 0) is 0 Å². The van der Waals surface area contributed by atoms with Crippen molar-refractivity contribution >= 4 is 23.4 Å². The number of nitrogens with one attached hydrogen (secondary N) is 1. The van der Waals surface area contributed by atoms with Gasteiger partial charge in [0.2, 0.25) is 5.82 Å². The zero-order valence-electron chi connectivity index (χ0n) is 12.2. The third-order valence-corrected chi connectivity index (χ3v) is 4.12. The summed E-state index contributed by atoms with van der Waals surface area (Å²) in [5, 5.41) is 0. The van der Waals surface area contributed by atoms with Gasteiger partial charge in [-0.2, -0.15) is 4.39 Å². The second-order valence-electron chi connectivity index (χ2n) is 5.17. The average Bonchev–Trinajstić information content (AvgIpc) is 2.80. The molecule has 124 valence electrons. The van der Waals surface area contributed by atoms with Crippen molar-refractivity contribution in [2.24, 2.45) is 0 Å².